The van der Waals surface area contributed by atoms with Crippen molar-refractivity contribution >= 4 is 33.2 Å². The number of benzene rings is 1. The van der Waals surface area contributed by atoms with Crippen molar-refractivity contribution in [2.24, 2.45) is 5.92 Å². The number of thiophene rings is 1. The van der Waals surface area contributed by atoms with E-state index in [1.165, 1.54) is 10.4 Å². The predicted octanol–water partition coefficient (Wildman–Crippen LogP) is 4.61. The van der Waals surface area contributed by atoms with Gasteiger partial charge in [0.25, 0.3) is 5.56 Å². The number of aryl methyl sites for hydroxylation is 1. The minimum atomic E-state index is -0.0517. The Bertz CT molecular complexity index is 1010. The van der Waals surface area contributed by atoms with Crippen molar-refractivity contribution in [3.05, 3.63) is 61.5 Å². The van der Waals surface area contributed by atoms with E-state index in [9.17, 15) is 4.79 Å². The third kappa shape index (κ3) is 3.43. The van der Waals surface area contributed by atoms with Crippen LogP contribution in [0.2, 0.25) is 5.02 Å². The average Bonchev–Trinajstić information content (AvgIpc) is 2.97. The van der Waals surface area contributed by atoms with Gasteiger partial charge < -0.3 is 10.3 Å². The Hall–Kier alpha value is -1.69. The van der Waals surface area contributed by atoms with Crippen molar-refractivity contribution in [1.29, 1.82) is 0 Å². The fourth-order valence-corrected chi connectivity index (χ4v) is 5.19. The molecule has 0 saturated heterocycles. The van der Waals surface area contributed by atoms with E-state index in [4.69, 9.17) is 16.6 Å². The van der Waals surface area contributed by atoms with Crippen molar-refractivity contribution in [2.75, 3.05) is 0 Å². The molecule has 0 bridgehead atoms. The normalized spacial score (nSPS) is 18.0. The number of aromatic amines is 1. The number of halogens is 1. The number of H-pyrrole nitrogens is 1. The molecule has 1 aliphatic rings. The first-order valence-corrected chi connectivity index (χ1v) is 10.2. The smallest absolute Gasteiger partial charge is 0.259 e. The molecular weight excluding hydrogens is 366 g/mol. The average molecular weight is 388 g/mol. The first kappa shape index (κ1) is 17.7. The maximum Gasteiger partial charge on any atom is 0.259 e. The molecule has 0 amide bonds. The standard InChI is InChI=1S/C20H22ClN3OS/c1-11-6-7-15-16(8-11)26-20-17(15)19(25)23-18(24-20)12(2)22-10-13-4-3-5-14(21)9-13/h3-5,9,11-12,22H,6-8,10H2,1-2H3,(H,23,24,25)/t11-,12-/m1/s1. The van der Waals surface area contributed by atoms with Gasteiger partial charge in [-0.3, -0.25) is 4.79 Å². The van der Waals surface area contributed by atoms with Crippen LogP contribution >= 0.6 is 22.9 Å². The first-order valence-electron chi connectivity index (χ1n) is 9.03. The lowest BCUT2D eigenvalue weighted by Crippen LogP contribution is -2.23. The van der Waals surface area contributed by atoms with Crippen molar-refractivity contribution in [2.45, 2.75) is 45.7 Å². The molecule has 0 aliphatic heterocycles. The summed E-state index contributed by atoms with van der Waals surface area (Å²) >= 11 is 7.73. The van der Waals surface area contributed by atoms with E-state index >= 15 is 0 Å². The highest BCUT2D eigenvalue weighted by atomic mass is 35.5. The quantitative estimate of drug-likeness (QED) is 0.687. The fourth-order valence-electron chi connectivity index (χ4n) is 3.59. The molecule has 4 rings (SSSR count). The molecule has 0 saturated carbocycles. The van der Waals surface area contributed by atoms with E-state index in [2.05, 4.69) is 17.2 Å². The second-order valence-corrected chi connectivity index (χ2v) is 8.74. The van der Waals surface area contributed by atoms with Gasteiger partial charge in [-0.2, -0.15) is 0 Å². The van der Waals surface area contributed by atoms with Crippen LogP contribution in [0, 0.1) is 5.92 Å². The van der Waals surface area contributed by atoms with Crippen LogP contribution in [-0.2, 0) is 19.4 Å². The summed E-state index contributed by atoms with van der Waals surface area (Å²) in [7, 11) is 0. The van der Waals surface area contributed by atoms with Crippen LogP contribution < -0.4 is 10.9 Å². The lowest BCUT2D eigenvalue weighted by atomic mass is 9.89. The molecule has 0 radical (unpaired) electrons. The minimum Gasteiger partial charge on any atom is -0.309 e. The third-order valence-electron chi connectivity index (χ3n) is 5.10. The first-order chi connectivity index (χ1) is 12.5. The molecule has 0 spiro atoms. The molecule has 136 valence electrons. The van der Waals surface area contributed by atoms with Gasteiger partial charge in [-0.25, -0.2) is 4.98 Å². The summed E-state index contributed by atoms with van der Waals surface area (Å²) in [6, 6.07) is 7.71. The summed E-state index contributed by atoms with van der Waals surface area (Å²) in [6.45, 7) is 4.96. The van der Waals surface area contributed by atoms with Crippen molar-refractivity contribution < 1.29 is 0 Å². The highest BCUT2D eigenvalue weighted by Gasteiger charge is 2.23. The molecule has 1 aromatic carbocycles. The van der Waals surface area contributed by atoms with Gasteiger partial charge in [0.1, 0.15) is 10.7 Å². The monoisotopic (exact) mass is 387 g/mol. The number of nitrogens with one attached hydrogen (secondary N) is 2. The van der Waals surface area contributed by atoms with E-state index in [-0.39, 0.29) is 11.6 Å². The van der Waals surface area contributed by atoms with Crippen LogP contribution in [0.25, 0.3) is 10.2 Å². The molecule has 6 heteroatoms. The van der Waals surface area contributed by atoms with Gasteiger partial charge in [0, 0.05) is 16.4 Å². The number of nitrogens with zero attached hydrogens (tertiary/aromatic N) is 1. The fraction of sp³-hybridized carbons (Fsp3) is 0.400. The zero-order chi connectivity index (χ0) is 18.3. The Morgan fingerprint density at radius 2 is 2.31 bits per heavy atom. The molecule has 0 fully saturated rings. The lowest BCUT2D eigenvalue weighted by molar-refractivity contribution is 0.509. The molecule has 2 heterocycles. The minimum absolute atomic E-state index is 0.00606. The molecular formula is C20H22ClN3OS. The largest absolute Gasteiger partial charge is 0.309 e. The Kier molecular flexibility index (Phi) is 4.86. The van der Waals surface area contributed by atoms with Crippen LogP contribution in [0.5, 0.6) is 0 Å². The van der Waals surface area contributed by atoms with Gasteiger partial charge in [0.05, 0.1) is 11.4 Å². The third-order valence-corrected chi connectivity index (χ3v) is 6.48. The Labute approximate surface area is 161 Å². The molecule has 2 N–H and O–H groups in total. The lowest BCUT2D eigenvalue weighted by Gasteiger charge is -2.17. The number of fused-ring (bicyclic) bond motifs is 3. The SMILES string of the molecule is C[C@@H]1CCc2c(sc3nc([C@@H](C)NCc4cccc(Cl)c4)[nH]c(=O)c23)C1. The molecule has 2 atom stereocenters. The Morgan fingerprint density at radius 3 is 3.12 bits per heavy atom. The van der Waals surface area contributed by atoms with E-state index in [1.54, 1.807) is 11.3 Å². The van der Waals surface area contributed by atoms with Crippen molar-refractivity contribution in [1.82, 2.24) is 15.3 Å². The second kappa shape index (κ2) is 7.14. The van der Waals surface area contributed by atoms with E-state index in [1.807, 2.05) is 31.2 Å². The van der Waals surface area contributed by atoms with Gasteiger partial charge in [-0.1, -0.05) is 30.7 Å². The zero-order valence-electron chi connectivity index (χ0n) is 14.9. The van der Waals surface area contributed by atoms with Gasteiger partial charge in [0.15, 0.2) is 0 Å². The van der Waals surface area contributed by atoms with Gasteiger partial charge >= 0.3 is 0 Å². The predicted molar refractivity (Wildman–Crippen MR) is 108 cm³/mol. The summed E-state index contributed by atoms with van der Waals surface area (Å²) in [4.78, 5) is 22.7. The second-order valence-electron chi connectivity index (χ2n) is 7.22. The molecule has 1 aliphatic carbocycles. The number of hydrogen-bond acceptors (Lipinski definition) is 4. The van der Waals surface area contributed by atoms with Crippen LogP contribution in [-0.4, -0.2) is 9.97 Å². The molecule has 0 unspecified atom stereocenters. The summed E-state index contributed by atoms with van der Waals surface area (Å²) in [5, 5.41) is 4.95. The summed E-state index contributed by atoms with van der Waals surface area (Å²) in [5.41, 5.74) is 2.32. The van der Waals surface area contributed by atoms with E-state index in [0.29, 0.717) is 18.3 Å². The molecule has 3 aromatic rings. The van der Waals surface area contributed by atoms with Crippen molar-refractivity contribution in [3.63, 3.8) is 0 Å². The highest BCUT2D eigenvalue weighted by Crippen LogP contribution is 2.35. The molecule has 2 aromatic heterocycles. The van der Waals surface area contributed by atoms with Gasteiger partial charge in [-0.05, 0) is 55.4 Å². The Balaban J connectivity index is 1.59. The van der Waals surface area contributed by atoms with Crippen LogP contribution in [0.1, 0.15) is 48.1 Å². The van der Waals surface area contributed by atoms with Crippen LogP contribution in [0.15, 0.2) is 29.1 Å². The maximum atomic E-state index is 12.7. The van der Waals surface area contributed by atoms with Crippen molar-refractivity contribution in [3.8, 4) is 0 Å². The van der Waals surface area contributed by atoms with E-state index in [0.717, 1.165) is 40.1 Å². The topological polar surface area (TPSA) is 57.8 Å². The summed E-state index contributed by atoms with van der Waals surface area (Å²) < 4.78 is 0. The van der Waals surface area contributed by atoms with Gasteiger partial charge in [-0.15, -0.1) is 11.3 Å². The van der Waals surface area contributed by atoms with Crippen LogP contribution in [0.3, 0.4) is 0 Å². The number of aromatic nitrogens is 2. The Morgan fingerprint density at radius 1 is 1.46 bits per heavy atom. The number of rotatable bonds is 4. The van der Waals surface area contributed by atoms with E-state index < -0.39 is 0 Å². The zero-order valence-corrected chi connectivity index (χ0v) is 16.5. The summed E-state index contributed by atoms with van der Waals surface area (Å²) in [5.74, 6) is 1.38. The van der Waals surface area contributed by atoms with Crippen LogP contribution in [0.4, 0.5) is 0 Å². The molecule has 4 nitrogen and oxygen atoms in total. The molecule has 26 heavy (non-hydrogen) atoms. The highest BCUT2D eigenvalue weighted by molar-refractivity contribution is 7.18. The summed E-state index contributed by atoms with van der Waals surface area (Å²) in [6.07, 6.45) is 3.20. The number of hydrogen-bond donors (Lipinski definition) is 2. The maximum absolute atomic E-state index is 12.7. The van der Waals surface area contributed by atoms with Gasteiger partial charge in [0.2, 0.25) is 0 Å².